The molecule has 0 aliphatic rings. The Morgan fingerprint density at radius 2 is 2.31 bits per heavy atom. The van der Waals surface area contributed by atoms with Gasteiger partial charge < -0.3 is 10.4 Å². The SMILES string of the molecule is CNc1nc2c(O)cc(Br)cc2s1. The van der Waals surface area contributed by atoms with E-state index in [1.165, 1.54) is 11.3 Å². The Morgan fingerprint density at radius 1 is 1.54 bits per heavy atom. The Labute approximate surface area is 87.5 Å². The minimum absolute atomic E-state index is 0.210. The van der Waals surface area contributed by atoms with Gasteiger partial charge in [-0.1, -0.05) is 27.3 Å². The summed E-state index contributed by atoms with van der Waals surface area (Å²) in [6, 6.07) is 3.58. The second-order valence-electron chi connectivity index (χ2n) is 2.54. The molecule has 2 rings (SSSR count). The molecule has 0 saturated carbocycles. The third-order valence-corrected chi connectivity index (χ3v) is 3.13. The Bertz CT molecular complexity index is 455. The summed E-state index contributed by atoms with van der Waals surface area (Å²) in [6.07, 6.45) is 0. The van der Waals surface area contributed by atoms with Crippen molar-refractivity contribution in [1.29, 1.82) is 0 Å². The molecule has 0 atom stereocenters. The molecule has 0 aliphatic heterocycles. The largest absolute Gasteiger partial charge is 0.506 e. The lowest BCUT2D eigenvalue weighted by molar-refractivity contribution is 0.480. The van der Waals surface area contributed by atoms with Crippen LogP contribution in [0.4, 0.5) is 5.13 Å². The fourth-order valence-electron chi connectivity index (χ4n) is 1.09. The van der Waals surface area contributed by atoms with Gasteiger partial charge in [-0.3, -0.25) is 0 Å². The van der Waals surface area contributed by atoms with Crippen molar-refractivity contribution in [3.05, 3.63) is 16.6 Å². The topological polar surface area (TPSA) is 45.2 Å². The van der Waals surface area contributed by atoms with E-state index in [0.29, 0.717) is 5.52 Å². The first-order valence-electron chi connectivity index (χ1n) is 3.67. The number of aromatic hydroxyl groups is 1. The van der Waals surface area contributed by atoms with Gasteiger partial charge in [0.25, 0.3) is 0 Å². The molecule has 0 aliphatic carbocycles. The van der Waals surface area contributed by atoms with Crippen LogP contribution in [0.5, 0.6) is 5.75 Å². The quantitative estimate of drug-likeness (QED) is 0.827. The van der Waals surface area contributed by atoms with E-state index < -0.39 is 0 Å². The van der Waals surface area contributed by atoms with Crippen LogP contribution in [-0.2, 0) is 0 Å². The first-order valence-corrected chi connectivity index (χ1v) is 5.28. The van der Waals surface area contributed by atoms with E-state index in [2.05, 4.69) is 26.2 Å². The average molecular weight is 259 g/mol. The number of anilines is 1. The van der Waals surface area contributed by atoms with Crippen molar-refractivity contribution in [2.24, 2.45) is 0 Å². The maximum Gasteiger partial charge on any atom is 0.183 e. The van der Waals surface area contributed by atoms with Crippen molar-refractivity contribution in [2.75, 3.05) is 12.4 Å². The first-order chi connectivity index (χ1) is 6.20. The van der Waals surface area contributed by atoms with E-state index in [0.717, 1.165) is 14.3 Å². The summed E-state index contributed by atoms with van der Waals surface area (Å²) < 4.78 is 1.83. The lowest BCUT2D eigenvalue weighted by Gasteiger charge is -1.93. The highest BCUT2D eigenvalue weighted by Gasteiger charge is 2.07. The fraction of sp³-hybridized carbons (Fsp3) is 0.125. The van der Waals surface area contributed by atoms with Gasteiger partial charge >= 0.3 is 0 Å². The predicted octanol–water partition coefficient (Wildman–Crippen LogP) is 2.81. The summed E-state index contributed by atoms with van der Waals surface area (Å²) in [4.78, 5) is 4.21. The van der Waals surface area contributed by atoms with Crippen LogP contribution in [-0.4, -0.2) is 17.1 Å². The average Bonchev–Trinajstić information content (AvgIpc) is 2.47. The molecule has 13 heavy (non-hydrogen) atoms. The monoisotopic (exact) mass is 258 g/mol. The van der Waals surface area contributed by atoms with E-state index in [4.69, 9.17) is 0 Å². The molecule has 1 aromatic carbocycles. The lowest BCUT2D eigenvalue weighted by atomic mass is 10.3. The van der Waals surface area contributed by atoms with Crippen LogP contribution >= 0.6 is 27.3 Å². The van der Waals surface area contributed by atoms with Crippen LogP contribution in [0.25, 0.3) is 10.2 Å². The van der Waals surface area contributed by atoms with Gasteiger partial charge in [0.1, 0.15) is 11.3 Å². The van der Waals surface area contributed by atoms with E-state index >= 15 is 0 Å². The summed E-state index contributed by atoms with van der Waals surface area (Å²) in [5, 5.41) is 13.3. The predicted molar refractivity (Wildman–Crippen MR) is 58.5 cm³/mol. The van der Waals surface area contributed by atoms with Gasteiger partial charge in [-0.15, -0.1) is 0 Å². The Morgan fingerprint density at radius 3 is 3.00 bits per heavy atom. The fourth-order valence-corrected chi connectivity index (χ4v) is 2.56. The number of phenolic OH excluding ortho intramolecular Hbond substituents is 1. The number of thiazole rings is 1. The molecule has 3 nitrogen and oxygen atoms in total. The molecule has 1 heterocycles. The van der Waals surface area contributed by atoms with Gasteiger partial charge in [0.2, 0.25) is 0 Å². The number of rotatable bonds is 1. The van der Waals surface area contributed by atoms with Crippen molar-refractivity contribution in [2.45, 2.75) is 0 Å². The normalized spacial score (nSPS) is 10.6. The minimum atomic E-state index is 0.210. The van der Waals surface area contributed by atoms with E-state index in [1.54, 1.807) is 6.07 Å². The molecule has 68 valence electrons. The standard InChI is InChI=1S/C8H7BrN2OS/c1-10-8-11-7-5(12)2-4(9)3-6(7)13-8/h2-3,12H,1H3,(H,10,11). The molecule has 5 heteroatoms. The number of hydrogen-bond donors (Lipinski definition) is 2. The van der Waals surface area contributed by atoms with E-state index in [9.17, 15) is 5.11 Å². The van der Waals surface area contributed by atoms with Gasteiger partial charge in [-0.25, -0.2) is 4.98 Å². The molecule has 0 radical (unpaired) electrons. The third-order valence-electron chi connectivity index (χ3n) is 1.65. The molecule has 0 bridgehead atoms. The van der Waals surface area contributed by atoms with Crippen molar-refractivity contribution in [3.8, 4) is 5.75 Å². The Hall–Kier alpha value is -0.810. The number of phenols is 1. The molecule has 0 fully saturated rings. The summed E-state index contributed by atoms with van der Waals surface area (Å²) >= 11 is 4.83. The number of fused-ring (bicyclic) bond motifs is 1. The maximum absolute atomic E-state index is 9.55. The van der Waals surface area contributed by atoms with Crippen molar-refractivity contribution >= 4 is 42.6 Å². The van der Waals surface area contributed by atoms with Gasteiger partial charge in [0.05, 0.1) is 4.70 Å². The van der Waals surface area contributed by atoms with Crippen molar-refractivity contribution in [1.82, 2.24) is 4.98 Å². The van der Waals surface area contributed by atoms with Gasteiger partial charge in [0.15, 0.2) is 5.13 Å². The molecule has 2 N–H and O–H groups in total. The molecule has 2 aromatic rings. The van der Waals surface area contributed by atoms with Gasteiger partial charge in [-0.05, 0) is 12.1 Å². The molecule has 0 amide bonds. The van der Waals surface area contributed by atoms with Crippen molar-refractivity contribution < 1.29 is 5.11 Å². The second-order valence-corrected chi connectivity index (χ2v) is 4.49. The molecule has 0 spiro atoms. The maximum atomic E-state index is 9.55. The summed E-state index contributed by atoms with van der Waals surface area (Å²) in [6.45, 7) is 0. The molecule has 0 unspecified atom stereocenters. The number of nitrogens with one attached hydrogen (secondary N) is 1. The summed E-state index contributed by atoms with van der Waals surface area (Å²) in [5.74, 6) is 0.210. The number of halogens is 1. The highest BCUT2D eigenvalue weighted by molar-refractivity contribution is 9.10. The van der Waals surface area contributed by atoms with Crippen LogP contribution < -0.4 is 5.32 Å². The zero-order chi connectivity index (χ0) is 9.42. The second kappa shape index (κ2) is 3.16. The number of nitrogens with zero attached hydrogens (tertiary/aromatic N) is 1. The van der Waals surface area contributed by atoms with Crippen LogP contribution in [0.3, 0.4) is 0 Å². The highest BCUT2D eigenvalue weighted by atomic mass is 79.9. The zero-order valence-corrected chi connectivity index (χ0v) is 9.24. The van der Waals surface area contributed by atoms with Crippen LogP contribution in [0.1, 0.15) is 0 Å². The Balaban J connectivity index is 2.75. The van der Waals surface area contributed by atoms with Crippen LogP contribution in [0, 0.1) is 0 Å². The zero-order valence-electron chi connectivity index (χ0n) is 6.84. The molecule has 0 saturated heterocycles. The van der Waals surface area contributed by atoms with E-state index in [1.807, 2.05) is 13.1 Å². The third kappa shape index (κ3) is 1.49. The number of benzene rings is 1. The Kier molecular flexibility index (Phi) is 2.13. The number of hydrogen-bond acceptors (Lipinski definition) is 4. The first kappa shape index (κ1) is 8.77. The van der Waals surface area contributed by atoms with Gasteiger partial charge in [0, 0.05) is 11.5 Å². The van der Waals surface area contributed by atoms with Crippen LogP contribution in [0.15, 0.2) is 16.6 Å². The molecule has 1 aromatic heterocycles. The van der Waals surface area contributed by atoms with Crippen LogP contribution in [0.2, 0.25) is 0 Å². The summed E-state index contributed by atoms with van der Waals surface area (Å²) in [7, 11) is 1.81. The van der Waals surface area contributed by atoms with Gasteiger partial charge in [-0.2, -0.15) is 0 Å². The lowest BCUT2D eigenvalue weighted by Crippen LogP contribution is -1.84. The number of aromatic nitrogens is 1. The molecular formula is C8H7BrN2OS. The van der Waals surface area contributed by atoms with Crippen molar-refractivity contribution in [3.63, 3.8) is 0 Å². The molecular weight excluding hydrogens is 252 g/mol. The van der Waals surface area contributed by atoms with E-state index in [-0.39, 0.29) is 5.75 Å². The smallest absolute Gasteiger partial charge is 0.183 e. The minimum Gasteiger partial charge on any atom is -0.506 e. The summed E-state index contributed by atoms with van der Waals surface area (Å²) in [5.41, 5.74) is 0.651. The highest BCUT2D eigenvalue weighted by Crippen LogP contribution is 2.34.